The first kappa shape index (κ1) is 10.9. The fourth-order valence-electron chi connectivity index (χ4n) is 0.677. The fourth-order valence-corrected chi connectivity index (χ4v) is 0.677. The maximum atomic E-state index is 10.3. The van der Waals surface area contributed by atoms with Crippen molar-refractivity contribution in [2.75, 3.05) is 0 Å². The number of carbonyl (C=O) groups is 2. The summed E-state index contributed by atoms with van der Waals surface area (Å²) in [6.07, 6.45) is 0.492. The van der Waals surface area contributed by atoms with Crippen molar-refractivity contribution in [3.05, 3.63) is 0 Å². The van der Waals surface area contributed by atoms with Crippen LogP contribution in [0.2, 0.25) is 0 Å². The van der Waals surface area contributed by atoms with Crippen molar-refractivity contribution in [2.24, 2.45) is 11.7 Å². The van der Waals surface area contributed by atoms with Gasteiger partial charge in [-0.2, -0.15) is 0 Å². The highest BCUT2D eigenvalue weighted by Gasteiger charge is 2.16. The van der Waals surface area contributed by atoms with Gasteiger partial charge in [0.15, 0.2) is 0 Å². The highest BCUT2D eigenvalue weighted by molar-refractivity contribution is 5.73. The van der Waals surface area contributed by atoms with E-state index in [-0.39, 0.29) is 6.42 Å². The molecule has 12 heavy (non-hydrogen) atoms. The second kappa shape index (κ2) is 4.71. The lowest BCUT2D eigenvalue weighted by molar-refractivity contribution is -0.143. The van der Waals surface area contributed by atoms with E-state index in [1.165, 1.54) is 6.92 Å². The average Bonchev–Trinajstić information content (AvgIpc) is 1.98. The molecule has 0 saturated carbocycles. The Labute approximate surface area is 70.2 Å². The summed E-state index contributed by atoms with van der Waals surface area (Å²) in [5, 5.41) is 16.8. The Morgan fingerprint density at radius 3 is 2.08 bits per heavy atom. The fraction of sp³-hybridized carbons (Fsp3) is 0.714. The Kier molecular flexibility index (Phi) is 4.28. The maximum Gasteiger partial charge on any atom is 0.320 e. The van der Waals surface area contributed by atoms with Crippen molar-refractivity contribution in [2.45, 2.75) is 25.8 Å². The van der Waals surface area contributed by atoms with Gasteiger partial charge in [0.1, 0.15) is 6.04 Å². The van der Waals surface area contributed by atoms with Gasteiger partial charge in [-0.1, -0.05) is 6.92 Å². The van der Waals surface area contributed by atoms with Gasteiger partial charge in [-0.05, 0) is 12.8 Å². The van der Waals surface area contributed by atoms with Crippen LogP contribution in [0.15, 0.2) is 0 Å². The zero-order valence-corrected chi connectivity index (χ0v) is 6.86. The Morgan fingerprint density at radius 1 is 1.25 bits per heavy atom. The number of aliphatic carboxylic acids is 2. The Bertz CT molecular complexity index is 160. The minimum absolute atomic E-state index is 0.197. The molecule has 0 aromatic carbocycles. The van der Waals surface area contributed by atoms with Crippen molar-refractivity contribution in [1.29, 1.82) is 0 Å². The Balaban J connectivity index is 3.68. The minimum atomic E-state index is -1.09. The predicted octanol–water partition coefficient (Wildman–Crippen LogP) is -0.101. The summed E-state index contributed by atoms with van der Waals surface area (Å²) in [5.41, 5.74) is 5.17. The van der Waals surface area contributed by atoms with E-state index in [2.05, 4.69) is 0 Å². The number of carboxylic acids is 2. The van der Waals surface area contributed by atoms with E-state index in [4.69, 9.17) is 15.9 Å². The lowest BCUT2D eigenvalue weighted by atomic mass is 10.0. The van der Waals surface area contributed by atoms with E-state index in [0.29, 0.717) is 6.42 Å². The van der Waals surface area contributed by atoms with Crippen molar-refractivity contribution in [3.8, 4) is 0 Å². The van der Waals surface area contributed by atoms with Crippen LogP contribution in [0.25, 0.3) is 0 Å². The summed E-state index contributed by atoms with van der Waals surface area (Å²) in [4.78, 5) is 20.5. The molecule has 0 spiro atoms. The third-order valence-electron chi connectivity index (χ3n) is 1.65. The highest BCUT2D eigenvalue weighted by atomic mass is 16.4. The summed E-state index contributed by atoms with van der Waals surface area (Å²) >= 11 is 0. The molecule has 0 aliphatic rings. The molecule has 70 valence electrons. The molecule has 0 aliphatic heterocycles. The van der Waals surface area contributed by atoms with Crippen molar-refractivity contribution in [3.63, 3.8) is 0 Å². The molecular formula is C7H13NO4. The number of carboxylic acid groups (broad SMARTS) is 2. The quantitative estimate of drug-likeness (QED) is 0.541. The molecule has 0 bridgehead atoms. The molecule has 0 rings (SSSR count). The molecule has 2 atom stereocenters. The second-order valence-electron chi connectivity index (χ2n) is 2.76. The SMILES string of the molecule is C[C@@H](CC[C@H](N)C(=O)O)C(=O)O. The molecule has 0 aliphatic carbocycles. The predicted molar refractivity (Wildman–Crippen MR) is 41.6 cm³/mol. The van der Waals surface area contributed by atoms with Gasteiger partial charge >= 0.3 is 11.9 Å². The summed E-state index contributed by atoms with van der Waals surface area (Å²) in [5.74, 6) is -2.55. The lowest BCUT2D eigenvalue weighted by Gasteiger charge is -2.08. The smallest absolute Gasteiger partial charge is 0.320 e. The van der Waals surface area contributed by atoms with Crippen LogP contribution in [0.4, 0.5) is 0 Å². The van der Waals surface area contributed by atoms with Crippen molar-refractivity contribution in [1.82, 2.24) is 0 Å². The molecule has 4 N–H and O–H groups in total. The van der Waals surface area contributed by atoms with Crippen LogP contribution in [-0.2, 0) is 9.59 Å². The van der Waals surface area contributed by atoms with Gasteiger partial charge in [0, 0.05) is 0 Å². The van der Waals surface area contributed by atoms with Crippen LogP contribution in [-0.4, -0.2) is 28.2 Å². The molecule has 0 heterocycles. The Hall–Kier alpha value is -1.10. The normalized spacial score (nSPS) is 15.2. The molecule has 0 aromatic rings. The maximum absolute atomic E-state index is 10.3. The van der Waals surface area contributed by atoms with E-state index in [9.17, 15) is 9.59 Å². The molecule has 0 saturated heterocycles. The second-order valence-corrected chi connectivity index (χ2v) is 2.76. The summed E-state index contributed by atoms with van der Waals surface area (Å²) in [7, 11) is 0. The van der Waals surface area contributed by atoms with Crippen LogP contribution in [0.3, 0.4) is 0 Å². The third kappa shape index (κ3) is 3.92. The van der Waals surface area contributed by atoms with E-state index in [0.717, 1.165) is 0 Å². The number of rotatable bonds is 5. The minimum Gasteiger partial charge on any atom is -0.481 e. The van der Waals surface area contributed by atoms with Crippen LogP contribution in [0, 0.1) is 5.92 Å². The molecular weight excluding hydrogens is 162 g/mol. The summed E-state index contributed by atoms with van der Waals surface area (Å²) in [6.45, 7) is 1.52. The van der Waals surface area contributed by atoms with Gasteiger partial charge < -0.3 is 15.9 Å². The van der Waals surface area contributed by atoms with Crippen LogP contribution in [0.1, 0.15) is 19.8 Å². The molecule has 5 heteroatoms. The molecule has 0 unspecified atom stereocenters. The van der Waals surface area contributed by atoms with Gasteiger partial charge in [-0.3, -0.25) is 9.59 Å². The van der Waals surface area contributed by atoms with Gasteiger partial charge in [-0.15, -0.1) is 0 Å². The highest BCUT2D eigenvalue weighted by Crippen LogP contribution is 2.06. The van der Waals surface area contributed by atoms with Crippen LogP contribution >= 0.6 is 0 Å². The number of hydrogen-bond acceptors (Lipinski definition) is 3. The van der Waals surface area contributed by atoms with Crippen molar-refractivity contribution >= 4 is 11.9 Å². The zero-order valence-electron chi connectivity index (χ0n) is 6.86. The molecule has 0 fully saturated rings. The summed E-state index contributed by atoms with van der Waals surface area (Å²) in [6, 6.07) is -0.952. The van der Waals surface area contributed by atoms with Crippen LogP contribution in [0.5, 0.6) is 0 Å². The Morgan fingerprint density at radius 2 is 1.75 bits per heavy atom. The van der Waals surface area contributed by atoms with E-state index in [1.54, 1.807) is 0 Å². The lowest BCUT2D eigenvalue weighted by Crippen LogP contribution is -2.30. The monoisotopic (exact) mass is 175 g/mol. The first-order valence-corrected chi connectivity index (χ1v) is 3.66. The largest absolute Gasteiger partial charge is 0.481 e. The first-order chi connectivity index (χ1) is 5.45. The molecule has 0 aromatic heterocycles. The van der Waals surface area contributed by atoms with Gasteiger partial charge in [0.05, 0.1) is 5.92 Å². The van der Waals surface area contributed by atoms with Crippen LogP contribution < -0.4 is 5.73 Å². The van der Waals surface area contributed by atoms with Gasteiger partial charge in [0.2, 0.25) is 0 Å². The standard InChI is InChI=1S/C7H13NO4/c1-4(6(9)10)2-3-5(8)7(11)12/h4-5H,2-3,8H2,1H3,(H,9,10)(H,11,12)/t4-,5-/m0/s1. The number of hydrogen-bond donors (Lipinski definition) is 3. The molecule has 5 nitrogen and oxygen atoms in total. The third-order valence-corrected chi connectivity index (χ3v) is 1.65. The van der Waals surface area contributed by atoms with E-state index < -0.39 is 23.9 Å². The summed E-state index contributed by atoms with van der Waals surface area (Å²) < 4.78 is 0. The average molecular weight is 175 g/mol. The number of nitrogens with two attached hydrogens (primary N) is 1. The molecule has 0 amide bonds. The van der Waals surface area contributed by atoms with Crippen molar-refractivity contribution < 1.29 is 19.8 Å². The zero-order chi connectivity index (χ0) is 9.72. The molecule has 0 radical (unpaired) electrons. The van der Waals surface area contributed by atoms with Gasteiger partial charge in [-0.25, -0.2) is 0 Å². The van der Waals surface area contributed by atoms with E-state index in [1.807, 2.05) is 0 Å². The van der Waals surface area contributed by atoms with Gasteiger partial charge in [0.25, 0.3) is 0 Å². The van der Waals surface area contributed by atoms with E-state index >= 15 is 0 Å². The first-order valence-electron chi connectivity index (χ1n) is 3.66. The topological polar surface area (TPSA) is 101 Å².